The van der Waals surface area contributed by atoms with Crippen molar-refractivity contribution in [1.82, 2.24) is 9.71 Å². The number of hydrogen-bond donors (Lipinski definition) is 1. The Morgan fingerprint density at radius 2 is 2.00 bits per heavy atom. The van der Waals surface area contributed by atoms with E-state index in [0.29, 0.717) is 6.07 Å². The van der Waals surface area contributed by atoms with Gasteiger partial charge in [0.05, 0.1) is 0 Å². The minimum absolute atomic E-state index is 0.0278. The number of pyridine rings is 1. The zero-order valence-electron chi connectivity index (χ0n) is 10.8. The van der Waals surface area contributed by atoms with Crippen LogP contribution in [0.5, 0.6) is 0 Å². The molecule has 21 heavy (non-hydrogen) atoms. The summed E-state index contributed by atoms with van der Waals surface area (Å²) >= 11 is 5.74. The quantitative estimate of drug-likeness (QED) is 0.875. The molecule has 0 aliphatic carbocycles. The van der Waals surface area contributed by atoms with Crippen molar-refractivity contribution in [1.29, 1.82) is 0 Å². The molecule has 0 amide bonds. The molecule has 0 saturated carbocycles. The van der Waals surface area contributed by atoms with Crippen molar-refractivity contribution >= 4 is 21.6 Å². The van der Waals surface area contributed by atoms with Gasteiger partial charge in [0.1, 0.15) is 21.7 Å². The second kappa shape index (κ2) is 6.05. The summed E-state index contributed by atoms with van der Waals surface area (Å²) in [7, 11) is -3.97. The zero-order valence-corrected chi connectivity index (χ0v) is 12.4. The first-order valence-corrected chi connectivity index (χ1v) is 7.75. The van der Waals surface area contributed by atoms with Crippen LogP contribution in [-0.2, 0) is 10.0 Å². The zero-order chi connectivity index (χ0) is 15.6. The van der Waals surface area contributed by atoms with E-state index in [1.54, 1.807) is 0 Å². The summed E-state index contributed by atoms with van der Waals surface area (Å²) in [5.41, 5.74) is 0.0278. The molecule has 8 heteroatoms. The number of benzene rings is 1. The monoisotopic (exact) mass is 332 g/mol. The molecule has 1 aromatic heterocycles. The van der Waals surface area contributed by atoms with Crippen molar-refractivity contribution in [2.45, 2.75) is 17.9 Å². The fraction of sp³-hybridized carbons (Fsp3) is 0.154. The third kappa shape index (κ3) is 3.55. The summed E-state index contributed by atoms with van der Waals surface area (Å²) in [4.78, 5) is 3.47. The van der Waals surface area contributed by atoms with Gasteiger partial charge in [0.25, 0.3) is 0 Å². The third-order valence-electron chi connectivity index (χ3n) is 2.78. The average Bonchev–Trinajstić information content (AvgIpc) is 2.38. The van der Waals surface area contributed by atoms with Crippen LogP contribution in [0.1, 0.15) is 18.5 Å². The summed E-state index contributed by atoms with van der Waals surface area (Å²) < 4.78 is 53.1. The minimum Gasteiger partial charge on any atom is -0.243 e. The van der Waals surface area contributed by atoms with Crippen LogP contribution in [0.25, 0.3) is 0 Å². The predicted molar refractivity (Wildman–Crippen MR) is 74.3 cm³/mol. The highest BCUT2D eigenvalue weighted by Gasteiger charge is 2.23. The smallest absolute Gasteiger partial charge is 0.243 e. The van der Waals surface area contributed by atoms with Crippen molar-refractivity contribution < 1.29 is 17.2 Å². The van der Waals surface area contributed by atoms with Crippen LogP contribution in [0.4, 0.5) is 8.78 Å². The second-order valence-electron chi connectivity index (χ2n) is 4.30. The van der Waals surface area contributed by atoms with Crippen LogP contribution in [0, 0.1) is 11.6 Å². The molecule has 0 radical (unpaired) electrons. The largest absolute Gasteiger partial charge is 0.244 e. The van der Waals surface area contributed by atoms with Crippen molar-refractivity contribution in [3.63, 3.8) is 0 Å². The van der Waals surface area contributed by atoms with E-state index in [4.69, 9.17) is 11.6 Å². The molecular weight excluding hydrogens is 322 g/mol. The molecule has 1 atom stereocenters. The first-order chi connectivity index (χ1) is 9.81. The van der Waals surface area contributed by atoms with Gasteiger partial charge in [-0.05, 0) is 25.1 Å². The summed E-state index contributed by atoms with van der Waals surface area (Å²) in [5, 5.41) is -0.184. The van der Waals surface area contributed by atoms with Crippen LogP contribution in [-0.4, -0.2) is 13.4 Å². The van der Waals surface area contributed by atoms with Gasteiger partial charge in [-0.2, -0.15) is 0 Å². The van der Waals surface area contributed by atoms with E-state index in [-0.39, 0.29) is 15.6 Å². The lowest BCUT2D eigenvalue weighted by atomic mass is 10.1. The Bertz CT molecular complexity index is 769. The maximum atomic E-state index is 13.6. The van der Waals surface area contributed by atoms with Gasteiger partial charge in [-0.15, -0.1) is 0 Å². The van der Waals surface area contributed by atoms with Gasteiger partial charge in [-0.3, -0.25) is 0 Å². The number of hydrogen-bond acceptors (Lipinski definition) is 3. The van der Waals surface area contributed by atoms with Crippen molar-refractivity contribution in [2.24, 2.45) is 0 Å². The van der Waals surface area contributed by atoms with Gasteiger partial charge >= 0.3 is 0 Å². The Labute approximate surface area is 125 Å². The number of rotatable bonds is 4. The molecule has 1 unspecified atom stereocenters. The van der Waals surface area contributed by atoms with Gasteiger partial charge in [-0.25, -0.2) is 26.9 Å². The fourth-order valence-electron chi connectivity index (χ4n) is 1.78. The summed E-state index contributed by atoms with van der Waals surface area (Å²) in [6.45, 7) is 1.44. The second-order valence-corrected chi connectivity index (χ2v) is 6.34. The number of sulfonamides is 1. The van der Waals surface area contributed by atoms with Crippen LogP contribution in [0.3, 0.4) is 0 Å². The van der Waals surface area contributed by atoms with Gasteiger partial charge in [0, 0.05) is 23.9 Å². The molecule has 2 rings (SSSR count). The predicted octanol–water partition coefficient (Wildman–Crippen LogP) is 3.05. The Kier molecular flexibility index (Phi) is 4.55. The third-order valence-corrected chi connectivity index (χ3v) is 4.76. The summed E-state index contributed by atoms with van der Waals surface area (Å²) in [5.74, 6) is -1.57. The average molecular weight is 333 g/mol. The highest BCUT2D eigenvalue weighted by Crippen LogP contribution is 2.23. The molecule has 0 spiro atoms. The van der Waals surface area contributed by atoms with Gasteiger partial charge < -0.3 is 0 Å². The van der Waals surface area contributed by atoms with Crippen LogP contribution >= 0.6 is 11.6 Å². The van der Waals surface area contributed by atoms with E-state index in [1.165, 1.54) is 31.3 Å². The van der Waals surface area contributed by atoms with Gasteiger partial charge in [0.15, 0.2) is 0 Å². The van der Waals surface area contributed by atoms with E-state index in [1.807, 2.05) is 0 Å². The normalized spacial score (nSPS) is 13.1. The number of halogens is 3. The first-order valence-electron chi connectivity index (χ1n) is 5.89. The number of nitrogens with zero attached hydrogens (tertiary/aromatic N) is 1. The van der Waals surface area contributed by atoms with Gasteiger partial charge in [0.2, 0.25) is 10.0 Å². The summed E-state index contributed by atoms with van der Waals surface area (Å²) in [6, 6.07) is 4.74. The molecule has 0 aliphatic heterocycles. The molecule has 0 bridgehead atoms. The van der Waals surface area contributed by atoms with E-state index in [9.17, 15) is 17.2 Å². The van der Waals surface area contributed by atoms with Crippen LogP contribution in [0.2, 0.25) is 5.15 Å². The molecule has 1 heterocycles. The minimum atomic E-state index is -3.97. The van der Waals surface area contributed by atoms with Crippen LogP contribution < -0.4 is 4.72 Å². The standard InChI is InChI=1S/C13H11ClF2N2O2S/c1-8(10-5-4-9(15)7-11(10)16)18-21(19,20)12-3-2-6-17-13(12)14/h2-8,18H,1H3. The molecule has 112 valence electrons. The molecule has 4 nitrogen and oxygen atoms in total. The molecular formula is C13H11ClF2N2O2S. The molecule has 0 fully saturated rings. The van der Waals surface area contributed by atoms with Crippen molar-refractivity contribution in [3.8, 4) is 0 Å². The van der Waals surface area contributed by atoms with Gasteiger partial charge in [-0.1, -0.05) is 17.7 Å². The first kappa shape index (κ1) is 15.8. The maximum absolute atomic E-state index is 13.6. The van der Waals surface area contributed by atoms with E-state index < -0.39 is 27.7 Å². The molecule has 1 N–H and O–H groups in total. The van der Waals surface area contributed by atoms with E-state index in [2.05, 4.69) is 9.71 Å². The highest BCUT2D eigenvalue weighted by molar-refractivity contribution is 7.89. The molecule has 0 saturated heterocycles. The summed E-state index contributed by atoms with van der Waals surface area (Å²) in [6.07, 6.45) is 1.35. The number of nitrogens with one attached hydrogen (secondary N) is 1. The Morgan fingerprint density at radius 3 is 2.62 bits per heavy atom. The molecule has 0 aliphatic rings. The van der Waals surface area contributed by atoms with Crippen LogP contribution in [0.15, 0.2) is 41.4 Å². The Morgan fingerprint density at radius 1 is 1.29 bits per heavy atom. The lowest BCUT2D eigenvalue weighted by molar-refractivity contribution is 0.540. The Balaban J connectivity index is 2.30. The topological polar surface area (TPSA) is 59.1 Å². The van der Waals surface area contributed by atoms with E-state index >= 15 is 0 Å². The Hall–Kier alpha value is -1.57. The van der Waals surface area contributed by atoms with E-state index in [0.717, 1.165) is 6.07 Å². The highest BCUT2D eigenvalue weighted by atomic mass is 35.5. The SMILES string of the molecule is CC(NS(=O)(=O)c1cccnc1Cl)c1ccc(F)cc1F. The lowest BCUT2D eigenvalue weighted by Crippen LogP contribution is -2.27. The van der Waals surface area contributed by atoms with Crippen molar-refractivity contribution in [3.05, 3.63) is 58.9 Å². The van der Waals surface area contributed by atoms with Crippen molar-refractivity contribution in [2.75, 3.05) is 0 Å². The molecule has 1 aromatic carbocycles. The maximum Gasteiger partial charge on any atom is 0.244 e. The fourth-order valence-corrected chi connectivity index (χ4v) is 3.46. The number of aromatic nitrogens is 1. The molecule has 2 aromatic rings. The lowest BCUT2D eigenvalue weighted by Gasteiger charge is -2.15.